The number of allylic oxidation sites excluding steroid dienone is 1. The predicted molar refractivity (Wildman–Crippen MR) is 105 cm³/mol. The van der Waals surface area contributed by atoms with Crippen LogP contribution in [0.5, 0.6) is 0 Å². The number of ketones is 1. The molecular formula is C22H30O5. The van der Waals surface area contributed by atoms with E-state index in [0.717, 1.165) is 5.56 Å². The molecule has 0 radical (unpaired) electrons. The Balaban J connectivity index is 3.15. The smallest absolute Gasteiger partial charge is 0.320 e. The van der Waals surface area contributed by atoms with E-state index in [4.69, 9.17) is 9.47 Å². The van der Waals surface area contributed by atoms with Gasteiger partial charge in [0.1, 0.15) is 5.78 Å². The van der Waals surface area contributed by atoms with Gasteiger partial charge in [-0.05, 0) is 25.3 Å². The molecule has 0 aliphatic carbocycles. The van der Waals surface area contributed by atoms with Gasteiger partial charge in [0.2, 0.25) is 0 Å². The van der Waals surface area contributed by atoms with E-state index in [-0.39, 0.29) is 31.3 Å². The lowest BCUT2D eigenvalue weighted by molar-refractivity contribution is -0.163. The molecule has 0 N–H and O–H groups in total. The summed E-state index contributed by atoms with van der Waals surface area (Å²) >= 11 is 0. The third-order valence-electron chi connectivity index (χ3n) is 3.94. The van der Waals surface area contributed by atoms with E-state index < -0.39 is 23.8 Å². The number of carbonyl (C=O) groups excluding carboxylic acids is 3. The maximum absolute atomic E-state index is 12.4. The minimum absolute atomic E-state index is 0.00584. The summed E-state index contributed by atoms with van der Waals surface area (Å²) in [5.41, 5.74) is 0.922. The first-order chi connectivity index (χ1) is 12.9. The molecule has 0 fully saturated rings. The summed E-state index contributed by atoms with van der Waals surface area (Å²) in [7, 11) is 0. The highest BCUT2D eigenvalue weighted by molar-refractivity contribution is 5.96. The minimum atomic E-state index is -1.15. The summed E-state index contributed by atoms with van der Waals surface area (Å²) in [4.78, 5) is 37.3. The Bertz CT molecular complexity index is 615. The van der Waals surface area contributed by atoms with Crippen molar-refractivity contribution in [3.8, 4) is 0 Å². The van der Waals surface area contributed by atoms with Gasteiger partial charge in [-0.1, -0.05) is 56.3 Å². The number of carbonyl (C=O) groups is 3. The van der Waals surface area contributed by atoms with Crippen LogP contribution in [-0.4, -0.2) is 30.9 Å². The van der Waals surface area contributed by atoms with E-state index in [0.29, 0.717) is 6.42 Å². The Morgan fingerprint density at radius 2 is 1.48 bits per heavy atom. The van der Waals surface area contributed by atoms with Crippen LogP contribution in [0.25, 0.3) is 6.08 Å². The molecule has 0 aromatic heterocycles. The Labute approximate surface area is 161 Å². The second-order valence-electron chi connectivity index (χ2n) is 6.76. The molecule has 5 heteroatoms. The van der Waals surface area contributed by atoms with Gasteiger partial charge in [-0.2, -0.15) is 0 Å². The van der Waals surface area contributed by atoms with Crippen molar-refractivity contribution in [1.29, 1.82) is 0 Å². The first-order valence-electron chi connectivity index (χ1n) is 9.47. The van der Waals surface area contributed by atoms with Crippen LogP contribution in [0, 0.1) is 17.8 Å². The SMILES string of the molecule is CCOC(=O)C(C(=O)OCC)C(C=Cc1ccccc1)CC(=O)CC(C)C. The molecule has 0 saturated carbocycles. The maximum atomic E-state index is 12.4. The molecule has 0 aliphatic rings. The van der Waals surface area contributed by atoms with Gasteiger partial charge in [-0.15, -0.1) is 0 Å². The highest BCUT2D eigenvalue weighted by atomic mass is 16.6. The molecule has 1 aromatic rings. The molecule has 1 aromatic carbocycles. The van der Waals surface area contributed by atoms with E-state index in [1.807, 2.05) is 50.3 Å². The molecular weight excluding hydrogens is 344 g/mol. The Hall–Kier alpha value is -2.43. The lowest BCUT2D eigenvalue weighted by Crippen LogP contribution is -2.35. The molecule has 1 atom stereocenters. The molecule has 0 aliphatic heterocycles. The van der Waals surface area contributed by atoms with Gasteiger partial charge >= 0.3 is 11.9 Å². The molecule has 148 valence electrons. The third kappa shape index (κ3) is 8.20. The van der Waals surface area contributed by atoms with Crippen molar-refractivity contribution in [3.63, 3.8) is 0 Å². The van der Waals surface area contributed by atoms with Gasteiger partial charge in [-0.3, -0.25) is 14.4 Å². The van der Waals surface area contributed by atoms with Gasteiger partial charge in [0.15, 0.2) is 5.92 Å². The van der Waals surface area contributed by atoms with Gasteiger partial charge < -0.3 is 9.47 Å². The van der Waals surface area contributed by atoms with E-state index in [2.05, 4.69) is 0 Å². The fourth-order valence-corrected chi connectivity index (χ4v) is 2.81. The fraction of sp³-hybridized carbons (Fsp3) is 0.500. The lowest BCUT2D eigenvalue weighted by atomic mass is 9.85. The summed E-state index contributed by atoms with van der Waals surface area (Å²) < 4.78 is 10.2. The van der Waals surface area contributed by atoms with Gasteiger partial charge in [-0.25, -0.2) is 0 Å². The first kappa shape index (κ1) is 22.6. The van der Waals surface area contributed by atoms with Crippen LogP contribution < -0.4 is 0 Å². The second kappa shape index (κ2) is 12.0. The van der Waals surface area contributed by atoms with Crippen molar-refractivity contribution in [2.24, 2.45) is 17.8 Å². The van der Waals surface area contributed by atoms with E-state index >= 15 is 0 Å². The second-order valence-corrected chi connectivity index (χ2v) is 6.76. The van der Waals surface area contributed by atoms with Crippen LogP contribution in [0.4, 0.5) is 0 Å². The van der Waals surface area contributed by atoms with Crippen LogP contribution in [0.2, 0.25) is 0 Å². The quantitative estimate of drug-likeness (QED) is 0.431. The fourth-order valence-electron chi connectivity index (χ4n) is 2.81. The summed E-state index contributed by atoms with van der Waals surface area (Å²) in [5.74, 6) is -2.87. The van der Waals surface area contributed by atoms with Gasteiger partial charge in [0.05, 0.1) is 13.2 Å². The van der Waals surface area contributed by atoms with Crippen molar-refractivity contribution in [1.82, 2.24) is 0 Å². The van der Waals surface area contributed by atoms with E-state index in [9.17, 15) is 14.4 Å². The zero-order valence-corrected chi connectivity index (χ0v) is 16.6. The number of hydrogen-bond acceptors (Lipinski definition) is 5. The zero-order valence-electron chi connectivity index (χ0n) is 16.6. The van der Waals surface area contributed by atoms with Crippen LogP contribution in [0.1, 0.15) is 46.1 Å². The maximum Gasteiger partial charge on any atom is 0.320 e. The average molecular weight is 374 g/mol. The Morgan fingerprint density at radius 1 is 0.926 bits per heavy atom. The third-order valence-corrected chi connectivity index (χ3v) is 3.94. The zero-order chi connectivity index (χ0) is 20.2. The summed E-state index contributed by atoms with van der Waals surface area (Å²) in [6, 6.07) is 9.51. The standard InChI is InChI=1S/C22H30O5/c1-5-26-21(24)20(22(25)27-6-2)18(15-19(23)14-16(3)4)13-12-17-10-8-7-9-11-17/h7-13,16,18,20H,5-6,14-15H2,1-4H3. The van der Waals surface area contributed by atoms with Crippen LogP contribution in [-0.2, 0) is 23.9 Å². The van der Waals surface area contributed by atoms with Crippen molar-refractivity contribution >= 4 is 23.8 Å². The predicted octanol–water partition coefficient (Wildman–Crippen LogP) is 4.06. The molecule has 27 heavy (non-hydrogen) atoms. The van der Waals surface area contributed by atoms with Crippen molar-refractivity contribution in [3.05, 3.63) is 42.0 Å². The summed E-state index contributed by atoms with van der Waals surface area (Å²) in [6.07, 6.45) is 4.04. The molecule has 5 nitrogen and oxygen atoms in total. The molecule has 0 spiro atoms. The monoisotopic (exact) mass is 374 g/mol. The minimum Gasteiger partial charge on any atom is -0.465 e. The number of esters is 2. The van der Waals surface area contributed by atoms with Gasteiger partial charge in [0, 0.05) is 18.8 Å². The van der Waals surface area contributed by atoms with Crippen molar-refractivity contribution in [2.75, 3.05) is 13.2 Å². The first-order valence-corrected chi connectivity index (χ1v) is 9.47. The number of ether oxygens (including phenoxy) is 2. The number of benzene rings is 1. The van der Waals surface area contributed by atoms with Gasteiger partial charge in [0.25, 0.3) is 0 Å². The van der Waals surface area contributed by atoms with Crippen molar-refractivity contribution < 1.29 is 23.9 Å². The summed E-state index contributed by atoms with van der Waals surface area (Å²) in [5, 5.41) is 0. The summed E-state index contributed by atoms with van der Waals surface area (Å²) in [6.45, 7) is 7.59. The Morgan fingerprint density at radius 3 is 1.96 bits per heavy atom. The normalized spacial score (nSPS) is 12.4. The number of hydrogen-bond donors (Lipinski definition) is 0. The largest absolute Gasteiger partial charge is 0.465 e. The highest BCUT2D eigenvalue weighted by Crippen LogP contribution is 2.24. The van der Waals surface area contributed by atoms with Crippen LogP contribution in [0.3, 0.4) is 0 Å². The molecule has 0 amide bonds. The van der Waals surface area contributed by atoms with Crippen molar-refractivity contribution in [2.45, 2.75) is 40.5 Å². The number of rotatable bonds is 11. The van der Waals surface area contributed by atoms with Crippen LogP contribution in [0.15, 0.2) is 36.4 Å². The topological polar surface area (TPSA) is 69.7 Å². The molecule has 1 unspecified atom stereocenters. The van der Waals surface area contributed by atoms with Crippen LogP contribution >= 0.6 is 0 Å². The Kier molecular flexibility index (Phi) is 10.1. The number of Topliss-reactive ketones (excluding diaryl/α,β-unsaturated/α-hetero) is 1. The van der Waals surface area contributed by atoms with E-state index in [1.165, 1.54) is 0 Å². The molecule has 0 bridgehead atoms. The average Bonchev–Trinajstić information content (AvgIpc) is 2.60. The van der Waals surface area contributed by atoms with E-state index in [1.54, 1.807) is 19.9 Å². The lowest BCUT2D eigenvalue weighted by Gasteiger charge is -2.21. The molecule has 0 saturated heterocycles. The molecule has 0 heterocycles. The molecule has 1 rings (SSSR count). The highest BCUT2D eigenvalue weighted by Gasteiger charge is 2.37.